The highest BCUT2D eigenvalue weighted by atomic mass is 35.5. The van der Waals surface area contributed by atoms with Gasteiger partial charge in [0.25, 0.3) is 5.56 Å². The van der Waals surface area contributed by atoms with Gasteiger partial charge in [0, 0.05) is 35.8 Å². The largest absolute Gasteiger partial charge is 0.485 e. The lowest BCUT2D eigenvalue weighted by molar-refractivity contribution is 0.0734. The molecule has 35 heavy (non-hydrogen) atoms. The number of pyridine rings is 3. The first-order valence-electron chi connectivity index (χ1n) is 10.6. The lowest BCUT2D eigenvalue weighted by Crippen LogP contribution is -2.23. The summed E-state index contributed by atoms with van der Waals surface area (Å²) in [5, 5.41) is 14.4. The van der Waals surface area contributed by atoms with Crippen LogP contribution < -0.4 is 10.3 Å². The Balaban J connectivity index is 1.71. The van der Waals surface area contributed by atoms with Gasteiger partial charge in [-0.05, 0) is 39.8 Å². The maximum Gasteiger partial charge on any atom is 0.277 e. The lowest BCUT2D eigenvalue weighted by Gasteiger charge is -2.17. The van der Waals surface area contributed by atoms with Crippen molar-refractivity contribution in [2.24, 2.45) is 0 Å². The van der Waals surface area contributed by atoms with E-state index < -0.39 is 22.8 Å². The maximum atomic E-state index is 13.9. The summed E-state index contributed by atoms with van der Waals surface area (Å²) >= 11 is 6.32. The molecule has 182 valence electrons. The second-order valence-corrected chi connectivity index (χ2v) is 8.84. The molecule has 0 fully saturated rings. The van der Waals surface area contributed by atoms with E-state index in [-0.39, 0.29) is 23.1 Å². The molecule has 0 aromatic carbocycles. The van der Waals surface area contributed by atoms with Crippen molar-refractivity contribution in [1.82, 2.24) is 24.3 Å². The van der Waals surface area contributed by atoms with Gasteiger partial charge in [0.15, 0.2) is 11.6 Å². The minimum absolute atomic E-state index is 0.0461. The van der Waals surface area contributed by atoms with Gasteiger partial charge in [0.1, 0.15) is 34.5 Å². The molecule has 0 radical (unpaired) electrons. The first kappa shape index (κ1) is 24.5. The summed E-state index contributed by atoms with van der Waals surface area (Å²) < 4.78 is 35.4. The molecule has 0 unspecified atom stereocenters. The number of aryl methyl sites for hydroxylation is 1. The molecule has 0 aliphatic heterocycles. The van der Waals surface area contributed by atoms with Crippen molar-refractivity contribution in [2.75, 3.05) is 0 Å². The zero-order valence-corrected chi connectivity index (χ0v) is 20.1. The van der Waals surface area contributed by atoms with Crippen LogP contribution in [0.4, 0.5) is 8.78 Å². The summed E-state index contributed by atoms with van der Waals surface area (Å²) in [7, 11) is 0. The topological polar surface area (TPSA) is 95.1 Å². The van der Waals surface area contributed by atoms with Gasteiger partial charge < -0.3 is 9.84 Å². The van der Waals surface area contributed by atoms with Crippen LogP contribution in [-0.4, -0.2) is 29.4 Å². The van der Waals surface area contributed by atoms with E-state index in [0.29, 0.717) is 34.5 Å². The van der Waals surface area contributed by atoms with Crippen LogP contribution >= 0.6 is 11.6 Å². The number of halogens is 3. The van der Waals surface area contributed by atoms with Crippen LogP contribution in [0.25, 0.3) is 11.5 Å². The van der Waals surface area contributed by atoms with Crippen LogP contribution in [0.15, 0.2) is 47.7 Å². The SMILES string of the molecule is Cc1c(-n2c(C)cc(OCc3ncc(F)cc3F)c(Cl)c2=O)ccnc1-n1ccc(C(C)(C)O)n1. The fourth-order valence-corrected chi connectivity index (χ4v) is 3.73. The van der Waals surface area contributed by atoms with Gasteiger partial charge in [-0.2, -0.15) is 5.10 Å². The monoisotopic (exact) mass is 501 g/mol. The van der Waals surface area contributed by atoms with Crippen LogP contribution in [0.1, 0.15) is 36.5 Å². The van der Waals surface area contributed by atoms with Gasteiger partial charge >= 0.3 is 0 Å². The summed E-state index contributed by atoms with van der Waals surface area (Å²) in [5.41, 5.74) is 0.340. The molecule has 4 rings (SSSR count). The highest BCUT2D eigenvalue weighted by Crippen LogP contribution is 2.27. The van der Waals surface area contributed by atoms with Gasteiger partial charge in [-0.1, -0.05) is 11.6 Å². The molecule has 0 bridgehead atoms. The summed E-state index contributed by atoms with van der Waals surface area (Å²) in [4.78, 5) is 21.3. The Hall–Kier alpha value is -3.63. The molecular formula is C24H22ClF2N5O3. The number of hydrogen-bond acceptors (Lipinski definition) is 6. The van der Waals surface area contributed by atoms with Gasteiger partial charge in [-0.15, -0.1) is 0 Å². The Bertz CT molecular complexity index is 1480. The van der Waals surface area contributed by atoms with E-state index in [1.807, 2.05) is 0 Å². The molecule has 0 amide bonds. The Morgan fingerprint density at radius 1 is 1.17 bits per heavy atom. The Kier molecular flexibility index (Phi) is 6.44. The molecule has 4 aromatic heterocycles. The van der Waals surface area contributed by atoms with Crippen molar-refractivity contribution in [3.63, 3.8) is 0 Å². The second-order valence-electron chi connectivity index (χ2n) is 8.46. The molecular weight excluding hydrogens is 480 g/mol. The molecule has 0 spiro atoms. The smallest absolute Gasteiger partial charge is 0.277 e. The van der Waals surface area contributed by atoms with Crippen molar-refractivity contribution in [3.05, 3.63) is 92.5 Å². The fourth-order valence-electron chi connectivity index (χ4n) is 3.54. The van der Waals surface area contributed by atoms with Crippen molar-refractivity contribution in [3.8, 4) is 17.3 Å². The van der Waals surface area contributed by atoms with E-state index in [1.54, 1.807) is 52.1 Å². The lowest BCUT2D eigenvalue weighted by atomic mass is 10.1. The average Bonchev–Trinajstić information content (AvgIpc) is 3.28. The third-order valence-electron chi connectivity index (χ3n) is 5.37. The number of aromatic nitrogens is 5. The van der Waals surface area contributed by atoms with Crippen LogP contribution in [0.5, 0.6) is 5.75 Å². The van der Waals surface area contributed by atoms with E-state index >= 15 is 0 Å². The first-order chi connectivity index (χ1) is 16.5. The molecule has 1 N–H and O–H groups in total. The fraction of sp³-hybridized carbons (Fsp3) is 0.250. The minimum atomic E-state index is -1.13. The molecule has 0 saturated heterocycles. The van der Waals surface area contributed by atoms with Gasteiger partial charge in [-0.25, -0.2) is 18.4 Å². The molecule has 11 heteroatoms. The molecule has 8 nitrogen and oxygen atoms in total. The highest BCUT2D eigenvalue weighted by Gasteiger charge is 2.21. The normalized spacial score (nSPS) is 11.7. The quantitative estimate of drug-likeness (QED) is 0.426. The van der Waals surface area contributed by atoms with Crippen LogP contribution in [-0.2, 0) is 12.2 Å². The minimum Gasteiger partial charge on any atom is -0.485 e. The Morgan fingerprint density at radius 3 is 2.57 bits per heavy atom. The van der Waals surface area contributed by atoms with Crippen molar-refractivity contribution >= 4 is 11.6 Å². The molecule has 0 aliphatic carbocycles. The van der Waals surface area contributed by atoms with Crippen LogP contribution in [0.3, 0.4) is 0 Å². The molecule has 0 saturated carbocycles. The van der Waals surface area contributed by atoms with E-state index in [2.05, 4.69) is 15.1 Å². The standard InChI is InChI=1S/C24H22ClF2N5O3/c1-13-9-19(35-12-17-16(27)10-15(26)11-29-17)21(25)23(33)32(13)18-5-7-28-22(14(18)2)31-8-6-20(30-31)24(3,4)34/h5-11,34H,12H2,1-4H3. The Labute approximate surface area is 204 Å². The van der Waals surface area contributed by atoms with E-state index in [0.717, 1.165) is 6.20 Å². The molecule has 4 aromatic rings. The predicted molar refractivity (Wildman–Crippen MR) is 125 cm³/mol. The van der Waals surface area contributed by atoms with Gasteiger partial charge in [0.2, 0.25) is 0 Å². The summed E-state index contributed by atoms with van der Waals surface area (Å²) in [6.07, 6.45) is 4.09. The first-order valence-corrected chi connectivity index (χ1v) is 10.9. The van der Waals surface area contributed by atoms with Crippen molar-refractivity contribution in [2.45, 2.75) is 39.9 Å². The average molecular weight is 502 g/mol. The van der Waals surface area contributed by atoms with E-state index in [9.17, 15) is 18.7 Å². The second kappa shape index (κ2) is 9.20. The van der Waals surface area contributed by atoms with Crippen LogP contribution in [0.2, 0.25) is 5.02 Å². The number of ether oxygens (including phenoxy) is 1. The van der Waals surface area contributed by atoms with Gasteiger partial charge in [-0.3, -0.25) is 14.3 Å². The number of rotatable bonds is 6. The summed E-state index contributed by atoms with van der Waals surface area (Å²) in [6.45, 7) is 6.41. The van der Waals surface area contributed by atoms with Crippen LogP contribution in [0, 0.1) is 25.5 Å². The zero-order chi connectivity index (χ0) is 25.5. The van der Waals surface area contributed by atoms with E-state index in [1.165, 1.54) is 15.4 Å². The number of hydrogen-bond donors (Lipinski definition) is 1. The van der Waals surface area contributed by atoms with E-state index in [4.69, 9.17) is 16.3 Å². The number of aliphatic hydroxyl groups is 1. The highest BCUT2D eigenvalue weighted by molar-refractivity contribution is 6.31. The molecule has 4 heterocycles. The summed E-state index contributed by atoms with van der Waals surface area (Å²) in [6, 6.07) is 5.60. The van der Waals surface area contributed by atoms with Gasteiger partial charge in [0.05, 0.1) is 17.6 Å². The number of nitrogens with zero attached hydrogens (tertiary/aromatic N) is 5. The van der Waals surface area contributed by atoms with Crippen molar-refractivity contribution in [1.29, 1.82) is 0 Å². The van der Waals surface area contributed by atoms with Crippen molar-refractivity contribution < 1.29 is 18.6 Å². The third kappa shape index (κ3) is 4.80. The zero-order valence-electron chi connectivity index (χ0n) is 19.4. The molecule has 0 aliphatic rings. The summed E-state index contributed by atoms with van der Waals surface area (Å²) in [5.74, 6) is -1.15. The Morgan fingerprint density at radius 2 is 1.91 bits per heavy atom. The third-order valence-corrected chi connectivity index (χ3v) is 5.72. The molecule has 0 atom stereocenters. The predicted octanol–water partition coefficient (Wildman–Crippen LogP) is 4.17. The maximum absolute atomic E-state index is 13.9.